The lowest BCUT2D eigenvalue weighted by atomic mass is 10.0. The number of nitrogens with one attached hydrogen (secondary N) is 1. The molecular weight excluding hydrogens is 426 g/mol. The molecule has 1 aromatic heterocycles. The predicted octanol–water partition coefficient (Wildman–Crippen LogP) is 3.71. The van der Waals surface area contributed by atoms with Crippen LogP contribution in [0.2, 0.25) is 0 Å². The lowest BCUT2D eigenvalue weighted by Crippen LogP contribution is -2.30. The average molecular weight is 447 g/mol. The molecule has 3 aromatic rings. The van der Waals surface area contributed by atoms with E-state index in [1.807, 2.05) is 30.3 Å². The fourth-order valence-electron chi connectivity index (χ4n) is 3.07. The Balaban J connectivity index is 1.83. The van der Waals surface area contributed by atoms with Gasteiger partial charge in [-0.1, -0.05) is 36.4 Å². The minimum absolute atomic E-state index is 0.0343. The molecule has 32 heavy (non-hydrogen) atoms. The van der Waals surface area contributed by atoms with Crippen molar-refractivity contribution < 1.29 is 17.6 Å². The molecule has 0 aliphatic carbocycles. The fraction of sp³-hybridized carbons (Fsp3) is 0.182. The van der Waals surface area contributed by atoms with E-state index in [-0.39, 0.29) is 17.0 Å². The van der Waals surface area contributed by atoms with Crippen molar-refractivity contribution in [2.45, 2.75) is 25.6 Å². The molecule has 1 atom stereocenters. The summed E-state index contributed by atoms with van der Waals surface area (Å²) in [6.45, 7) is 1.50. The zero-order chi connectivity index (χ0) is 23.5. The minimum Gasteiger partial charge on any atom is -0.396 e. The maximum absolute atomic E-state index is 14.3. The van der Waals surface area contributed by atoms with Gasteiger partial charge in [-0.15, -0.1) is 0 Å². The number of aromatic amines is 1. The van der Waals surface area contributed by atoms with Crippen molar-refractivity contribution in [3.05, 3.63) is 105 Å². The third-order valence-electron chi connectivity index (χ3n) is 4.81. The first-order valence-corrected chi connectivity index (χ1v) is 9.56. The van der Waals surface area contributed by atoms with E-state index in [2.05, 4.69) is 9.97 Å². The molecule has 0 amide bonds. The van der Waals surface area contributed by atoms with Crippen molar-refractivity contribution >= 4 is 5.70 Å². The van der Waals surface area contributed by atoms with Crippen molar-refractivity contribution in [3.63, 3.8) is 0 Å². The van der Waals surface area contributed by atoms with E-state index in [0.717, 1.165) is 22.7 Å². The van der Waals surface area contributed by atoms with Gasteiger partial charge in [0.2, 0.25) is 0 Å². The van der Waals surface area contributed by atoms with E-state index >= 15 is 0 Å². The molecule has 3 rings (SSSR count). The highest BCUT2D eigenvalue weighted by Crippen LogP contribution is 2.32. The largest absolute Gasteiger partial charge is 0.416 e. The third kappa shape index (κ3) is 5.52. The van der Waals surface area contributed by atoms with Gasteiger partial charge in [-0.3, -0.25) is 4.79 Å². The number of benzene rings is 2. The molecule has 0 aliphatic heterocycles. The summed E-state index contributed by atoms with van der Waals surface area (Å²) < 4.78 is 52.5. The van der Waals surface area contributed by atoms with E-state index in [0.29, 0.717) is 18.3 Å². The van der Waals surface area contributed by atoms with Gasteiger partial charge in [0.05, 0.1) is 23.0 Å². The zero-order valence-corrected chi connectivity index (χ0v) is 17.0. The average Bonchev–Trinajstić information content (AvgIpc) is 2.72. The molecular formula is C22H21F4N5O. The summed E-state index contributed by atoms with van der Waals surface area (Å²) in [5, 5.41) is 1.04. The Morgan fingerprint density at radius 2 is 1.88 bits per heavy atom. The van der Waals surface area contributed by atoms with Crippen LogP contribution in [0, 0.1) is 5.82 Å². The second kappa shape index (κ2) is 9.23. The van der Waals surface area contributed by atoms with E-state index < -0.39 is 29.2 Å². The normalized spacial score (nSPS) is 13.1. The molecule has 0 aliphatic rings. The van der Waals surface area contributed by atoms with Crippen LogP contribution in [0.15, 0.2) is 65.6 Å². The quantitative estimate of drug-likeness (QED) is 0.304. The zero-order valence-electron chi connectivity index (χ0n) is 17.0. The third-order valence-corrected chi connectivity index (χ3v) is 4.81. The summed E-state index contributed by atoms with van der Waals surface area (Å²) in [7, 11) is 0. The molecule has 0 saturated heterocycles. The number of rotatable bonds is 6. The van der Waals surface area contributed by atoms with E-state index in [4.69, 9.17) is 11.6 Å². The number of nitrogens with two attached hydrogens (primary N) is 2. The van der Waals surface area contributed by atoms with Crippen LogP contribution in [-0.2, 0) is 12.6 Å². The number of nitrogens with zero attached hydrogens (tertiary/aromatic N) is 2. The van der Waals surface area contributed by atoms with Crippen LogP contribution in [-0.4, -0.2) is 15.0 Å². The predicted molar refractivity (Wildman–Crippen MR) is 112 cm³/mol. The molecule has 0 fully saturated rings. The van der Waals surface area contributed by atoms with Crippen LogP contribution in [0.25, 0.3) is 5.70 Å². The van der Waals surface area contributed by atoms with Crippen molar-refractivity contribution in [3.8, 4) is 0 Å². The van der Waals surface area contributed by atoms with Crippen LogP contribution < -0.4 is 17.1 Å². The highest BCUT2D eigenvalue weighted by atomic mass is 19.4. The maximum Gasteiger partial charge on any atom is 0.416 e. The lowest BCUT2D eigenvalue weighted by molar-refractivity contribution is -0.137. The van der Waals surface area contributed by atoms with Crippen LogP contribution in [0.5, 0.6) is 0 Å². The van der Waals surface area contributed by atoms with Gasteiger partial charge in [0.1, 0.15) is 11.6 Å². The molecule has 0 spiro atoms. The van der Waals surface area contributed by atoms with Gasteiger partial charge in [0.25, 0.3) is 5.56 Å². The van der Waals surface area contributed by atoms with Crippen molar-refractivity contribution in [2.24, 2.45) is 11.6 Å². The molecule has 168 valence electrons. The molecule has 10 heteroatoms. The van der Waals surface area contributed by atoms with Gasteiger partial charge < -0.3 is 15.7 Å². The number of hydrazine groups is 1. The Hall–Kier alpha value is -3.66. The molecule has 1 unspecified atom stereocenters. The summed E-state index contributed by atoms with van der Waals surface area (Å²) in [6.07, 6.45) is -3.04. The maximum atomic E-state index is 14.3. The number of alkyl halides is 3. The topological polar surface area (TPSA) is 101 Å². The summed E-state index contributed by atoms with van der Waals surface area (Å²) >= 11 is 0. The van der Waals surface area contributed by atoms with Gasteiger partial charge >= 0.3 is 6.18 Å². The van der Waals surface area contributed by atoms with Crippen LogP contribution in [0.3, 0.4) is 0 Å². The first-order valence-electron chi connectivity index (χ1n) is 9.56. The highest BCUT2D eigenvalue weighted by molar-refractivity contribution is 5.58. The highest BCUT2D eigenvalue weighted by Gasteiger charge is 2.31. The Labute approximate surface area is 181 Å². The first kappa shape index (κ1) is 23.0. The second-order valence-electron chi connectivity index (χ2n) is 7.18. The Bertz CT molecular complexity index is 1170. The molecule has 2 aromatic carbocycles. The van der Waals surface area contributed by atoms with Gasteiger partial charge in [-0.05, 0) is 24.6 Å². The Kier molecular flexibility index (Phi) is 6.64. The van der Waals surface area contributed by atoms with Crippen molar-refractivity contribution in [1.29, 1.82) is 0 Å². The van der Waals surface area contributed by atoms with Gasteiger partial charge in [-0.2, -0.15) is 13.2 Å². The van der Waals surface area contributed by atoms with Gasteiger partial charge in [0, 0.05) is 24.3 Å². The summed E-state index contributed by atoms with van der Waals surface area (Å²) in [5.41, 5.74) is 5.62. The molecule has 0 bridgehead atoms. The van der Waals surface area contributed by atoms with Gasteiger partial charge in [0.15, 0.2) is 0 Å². The second-order valence-corrected chi connectivity index (χ2v) is 7.18. The Morgan fingerprint density at radius 3 is 2.50 bits per heavy atom. The molecule has 0 radical (unpaired) electrons. The molecule has 5 N–H and O–H groups in total. The Morgan fingerprint density at radius 1 is 1.19 bits per heavy atom. The summed E-state index contributed by atoms with van der Waals surface area (Å²) in [5.74, 6) is 5.30. The molecule has 0 saturated carbocycles. The monoisotopic (exact) mass is 447 g/mol. The van der Waals surface area contributed by atoms with Crippen LogP contribution in [0.4, 0.5) is 17.6 Å². The number of hydrogen-bond donors (Lipinski definition) is 3. The van der Waals surface area contributed by atoms with E-state index in [1.54, 1.807) is 0 Å². The van der Waals surface area contributed by atoms with Crippen molar-refractivity contribution in [1.82, 2.24) is 15.0 Å². The number of aromatic nitrogens is 2. The van der Waals surface area contributed by atoms with E-state index in [9.17, 15) is 22.4 Å². The number of halogens is 4. The van der Waals surface area contributed by atoms with Gasteiger partial charge in [-0.25, -0.2) is 15.2 Å². The standard InChI is InChI=1S/C22H21F4N5O/c1-13(16-8-7-15(10-17(16)23)22(24,25)26)31(28)12-18(27)19-11-21(32)30-20(29-19)9-14-5-3-2-4-6-14/h2-8,10-13H,9,27-28H2,1H3,(H,29,30,32)/b18-12-. The fourth-order valence-corrected chi connectivity index (χ4v) is 3.07. The van der Waals surface area contributed by atoms with Crippen LogP contribution in [0.1, 0.15) is 41.2 Å². The molecule has 1 heterocycles. The minimum atomic E-state index is -4.65. The van der Waals surface area contributed by atoms with E-state index in [1.165, 1.54) is 19.2 Å². The lowest BCUT2D eigenvalue weighted by Gasteiger charge is -2.24. The molecule has 6 nitrogen and oxygen atoms in total. The van der Waals surface area contributed by atoms with Crippen molar-refractivity contribution in [2.75, 3.05) is 0 Å². The summed E-state index contributed by atoms with van der Waals surface area (Å²) in [4.78, 5) is 19.0. The van der Waals surface area contributed by atoms with Crippen LogP contribution >= 0.6 is 0 Å². The first-order chi connectivity index (χ1) is 15.0. The number of H-pyrrole nitrogens is 1. The smallest absolute Gasteiger partial charge is 0.396 e. The summed E-state index contributed by atoms with van der Waals surface area (Å²) in [6, 6.07) is 11.9. The number of hydrogen-bond acceptors (Lipinski definition) is 5. The SMILES string of the molecule is CC(c1ccc(C(F)(F)F)cc1F)N(N)/C=C(\N)c1cc(=O)[nH]c(Cc2ccccc2)n1.